The molecule has 0 atom stereocenters. The fourth-order valence-corrected chi connectivity index (χ4v) is 3.80. The van der Waals surface area contributed by atoms with Crippen molar-refractivity contribution in [2.24, 2.45) is 4.99 Å². The second-order valence-electron chi connectivity index (χ2n) is 6.46. The molecule has 0 radical (unpaired) electrons. The molecule has 0 spiro atoms. The van der Waals surface area contributed by atoms with Crippen molar-refractivity contribution in [2.45, 2.75) is 18.4 Å². The van der Waals surface area contributed by atoms with Crippen molar-refractivity contribution in [3.63, 3.8) is 0 Å². The summed E-state index contributed by atoms with van der Waals surface area (Å²) in [5, 5.41) is 3.90. The highest BCUT2D eigenvalue weighted by molar-refractivity contribution is 7.98. The van der Waals surface area contributed by atoms with E-state index in [0.29, 0.717) is 29.0 Å². The summed E-state index contributed by atoms with van der Waals surface area (Å²) >= 11 is 7.73. The van der Waals surface area contributed by atoms with Gasteiger partial charge in [-0.15, -0.1) is 0 Å². The molecule has 0 fully saturated rings. The van der Waals surface area contributed by atoms with Crippen LogP contribution in [0.2, 0.25) is 5.02 Å². The number of para-hydroxylation sites is 2. The standard InChI is InChI=1S/C22H20ClN3O2S/c1-14-10-11-15(12-19(14)27-2)13-24-22-25-21-18(8-5-9-20(21)29-26-22)28-17-7-4-3-6-16(17)23/h3-12H,13H2,1-2H3,(H2,24,25,26). The zero-order valence-electron chi connectivity index (χ0n) is 16.0. The number of aryl methyl sites for hydroxylation is 1. The minimum atomic E-state index is 0.523. The first kappa shape index (κ1) is 19.5. The minimum absolute atomic E-state index is 0.523. The lowest BCUT2D eigenvalue weighted by atomic mass is 10.1. The first-order valence-corrected chi connectivity index (χ1v) is 10.3. The average Bonchev–Trinajstić information content (AvgIpc) is 2.75. The summed E-state index contributed by atoms with van der Waals surface area (Å²) in [6, 6.07) is 19.4. The Labute approximate surface area is 179 Å². The van der Waals surface area contributed by atoms with E-state index in [1.165, 1.54) is 11.9 Å². The third kappa shape index (κ3) is 4.44. The van der Waals surface area contributed by atoms with Gasteiger partial charge in [0.05, 0.1) is 29.3 Å². The quantitative estimate of drug-likeness (QED) is 0.489. The van der Waals surface area contributed by atoms with Crippen LogP contribution in [0.15, 0.2) is 70.6 Å². The number of guanidine groups is 1. The molecular weight excluding hydrogens is 406 g/mol. The molecule has 1 aliphatic rings. The molecule has 7 heteroatoms. The highest BCUT2D eigenvalue weighted by Gasteiger charge is 2.19. The topological polar surface area (TPSA) is 54.9 Å². The number of nitrogens with one attached hydrogen (secondary N) is 2. The van der Waals surface area contributed by atoms with Crippen LogP contribution in [0.1, 0.15) is 11.1 Å². The van der Waals surface area contributed by atoms with Crippen LogP contribution in [0.25, 0.3) is 0 Å². The van der Waals surface area contributed by atoms with E-state index in [0.717, 1.165) is 27.5 Å². The molecule has 1 heterocycles. The molecule has 0 aliphatic carbocycles. The Hall–Kier alpha value is -2.83. The predicted molar refractivity (Wildman–Crippen MR) is 119 cm³/mol. The maximum absolute atomic E-state index is 6.24. The molecule has 3 aromatic rings. The van der Waals surface area contributed by atoms with Gasteiger partial charge in [-0.2, -0.15) is 0 Å². The average molecular weight is 426 g/mol. The highest BCUT2D eigenvalue weighted by Crippen LogP contribution is 2.40. The smallest absolute Gasteiger partial charge is 0.206 e. The molecule has 2 N–H and O–H groups in total. The van der Waals surface area contributed by atoms with E-state index in [1.54, 1.807) is 13.2 Å². The molecule has 3 aromatic carbocycles. The van der Waals surface area contributed by atoms with Crippen LogP contribution in [-0.2, 0) is 6.54 Å². The van der Waals surface area contributed by atoms with E-state index in [-0.39, 0.29) is 0 Å². The van der Waals surface area contributed by atoms with E-state index >= 15 is 0 Å². The van der Waals surface area contributed by atoms with Crippen molar-refractivity contribution in [2.75, 3.05) is 12.4 Å². The fraction of sp³-hybridized carbons (Fsp3) is 0.136. The van der Waals surface area contributed by atoms with Crippen LogP contribution in [0.5, 0.6) is 17.2 Å². The van der Waals surface area contributed by atoms with Gasteiger partial charge in [0.25, 0.3) is 0 Å². The summed E-state index contributed by atoms with van der Waals surface area (Å²) in [6.07, 6.45) is 0. The van der Waals surface area contributed by atoms with Crippen LogP contribution in [-0.4, -0.2) is 13.1 Å². The van der Waals surface area contributed by atoms with Crippen molar-refractivity contribution in [1.29, 1.82) is 0 Å². The van der Waals surface area contributed by atoms with Crippen molar-refractivity contribution in [3.05, 3.63) is 76.8 Å². The number of aliphatic imine (C=N–C) groups is 1. The number of hydrogen-bond acceptors (Lipinski definition) is 4. The fourth-order valence-electron chi connectivity index (χ4n) is 2.90. The number of ether oxygens (including phenoxy) is 2. The Morgan fingerprint density at radius 2 is 1.83 bits per heavy atom. The largest absolute Gasteiger partial charge is 0.496 e. The second kappa shape index (κ2) is 8.68. The Morgan fingerprint density at radius 1 is 1.00 bits per heavy atom. The predicted octanol–water partition coefficient (Wildman–Crippen LogP) is 6.03. The number of rotatable bonds is 5. The van der Waals surface area contributed by atoms with E-state index < -0.39 is 0 Å². The van der Waals surface area contributed by atoms with E-state index in [9.17, 15) is 0 Å². The Bertz CT molecular complexity index is 1070. The van der Waals surface area contributed by atoms with E-state index in [1.807, 2.05) is 55.5 Å². The van der Waals surface area contributed by atoms with Crippen molar-refractivity contribution < 1.29 is 9.47 Å². The molecule has 0 unspecified atom stereocenters. The lowest BCUT2D eigenvalue weighted by Gasteiger charge is -2.23. The van der Waals surface area contributed by atoms with Crippen molar-refractivity contribution >= 4 is 35.2 Å². The lowest BCUT2D eigenvalue weighted by molar-refractivity contribution is 0.411. The van der Waals surface area contributed by atoms with E-state index in [4.69, 9.17) is 21.1 Å². The van der Waals surface area contributed by atoms with Gasteiger partial charge in [-0.1, -0.05) is 41.9 Å². The van der Waals surface area contributed by atoms with Crippen LogP contribution in [0.3, 0.4) is 0 Å². The maximum atomic E-state index is 6.24. The molecule has 4 rings (SSSR count). The van der Waals surface area contributed by atoms with Gasteiger partial charge in [0.15, 0.2) is 5.75 Å². The van der Waals surface area contributed by atoms with Crippen LogP contribution < -0.4 is 19.5 Å². The molecule has 1 aliphatic heterocycles. The van der Waals surface area contributed by atoms with Gasteiger partial charge in [-0.05, 0) is 60.3 Å². The monoisotopic (exact) mass is 425 g/mol. The number of benzene rings is 3. The van der Waals surface area contributed by atoms with Crippen molar-refractivity contribution in [1.82, 2.24) is 4.72 Å². The number of halogens is 1. The van der Waals surface area contributed by atoms with Gasteiger partial charge in [-0.3, -0.25) is 4.72 Å². The normalized spacial score (nSPS) is 14.0. The molecule has 0 amide bonds. The first-order valence-electron chi connectivity index (χ1n) is 9.07. The Balaban J connectivity index is 1.54. The summed E-state index contributed by atoms with van der Waals surface area (Å²) in [5.74, 6) is 2.83. The third-order valence-electron chi connectivity index (χ3n) is 4.44. The Morgan fingerprint density at radius 3 is 2.66 bits per heavy atom. The third-order valence-corrected chi connectivity index (χ3v) is 5.61. The van der Waals surface area contributed by atoms with Gasteiger partial charge in [0.1, 0.15) is 11.5 Å². The van der Waals surface area contributed by atoms with Crippen LogP contribution in [0, 0.1) is 6.92 Å². The molecule has 0 aromatic heterocycles. The molecule has 5 nitrogen and oxygen atoms in total. The number of anilines is 1. The second-order valence-corrected chi connectivity index (χ2v) is 7.71. The number of methoxy groups -OCH3 is 1. The van der Waals surface area contributed by atoms with Gasteiger partial charge in [0.2, 0.25) is 5.96 Å². The number of hydrogen-bond donors (Lipinski definition) is 2. The summed E-state index contributed by atoms with van der Waals surface area (Å²) in [7, 11) is 1.68. The molecule has 0 saturated carbocycles. The molecule has 148 valence electrons. The van der Waals surface area contributed by atoms with Crippen molar-refractivity contribution in [3.8, 4) is 17.2 Å². The highest BCUT2D eigenvalue weighted by atomic mass is 35.5. The van der Waals surface area contributed by atoms with Crippen LogP contribution in [0.4, 0.5) is 5.69 Å². The number of nitrogens with zero attached hydrogens (tertiary/aromatic N) is 1. The molecule has 29 heavy (non-hydrogen) atoms. The summed E-state index contributed by atoms with van der Waals surface area (Å²) in [6.45, 7) is 2.54. The lowest BCUT2D eigenvalue weighted by Crippen LogP contribution is -2.29. The van der Waals surface area contributed by atoms with E-state index in [2.05, 4.69) is 21.1 Å². The molecule has 0 bridgehead atoms. The Kier molecular flexibility index (Phi) is 5.83. The molecular formula is C22H20ClN3O2S. The maximum Gasteiger partial charge on any atom is 0.206 e. The SMILES string of the molecule is COc1cc(CN=C2NSc3cccc(Oc4ccccc4Cl)c3N2)ccc1C. The van der Waals surface area contributed by atoms with Gasteiger partial charge in [0, 0.05) is 0 Å². The molecule has 0 saturated heterocycles. The summed E-state index contributed by atoms with van der Waals surface area (Å²) in [5.41, 5.74) is 3.03. The van der Waals surface area contributed by atoms with Gasteiger partial charge >= 0.3 is 0 Å². The van der Waals surface area contributed by atoms with Gasteiger partial charge in [-0.25, -0.2) is 4.99 Å². The summed E-state index contributed by atoms with van der Waals surface area (Å²) < 4.78 is 14.7. The zero-order chi connectivity index (χ0) is 20.2. The summed E-state index contributed by atoms with van der Waals surface area (Å²) in [4.78, 5) is 5.68. The number of fused-ring (bicyclic) bond motifs is 1. The van der Waals surface area contributed by atoms with Gasteiger partial charge < -0.3 is 14.8 Å². The first-order chi connectivity index (χ1) is 14.1. The zero-order valence-corrected chi connectivity index (χ0v) is 17.6. The minimum Gasteiger partial charge on any atom is -0.496 e. The van der Waals surface area contributed by atoms with Crippen LogP contribution >= 0.6 is 23.5 Å².